The molecule has 0 amide bonds. The van der Waals surface area contributed by atoms with Gasteiger partial charge in [0, 0.05) is 12.6 Å². The predicted molar refractivity (Wildman–Crippen MR) is 72.7 cm³/mol. The summed E-state index contributed by atoms with van der Waals surface area (Å²) in [6.07, 6.45) is 1.04. The van der Waals surface area contributed by atoms with Crippen LogP contribution in [-0.2, 0) is 11.2 Å². The lowest BCUT2D eigenvalue weighted by atomic mass is 9.85. The maximum absolute atomic E-state index is 5.64. The average molecular weight is 263 g/mol. The zero-order valence-corrected chi connectivity index (χ0v) is 11.8. The van der Waals surface area contributed by atoms with Crippen LogP contribution in [0.4, 0.5) is 0 Å². The number of benzene rings is 1. The van der Waals surface area contributed by atoms with Gasteiger partial charge in [0.2, 0.25) is 0 Å². The van der Waals surface area contributed by atoms with Gasteiger partial charge in [-0.3, -0.25) is 4.90 Å². The molecular formula is C15H21NO3. The van der Waals surface area contributed by atoms with E-state index in [0.717, 1.165) is 37.8 Å². The van der Waals surface area contributed by atoms with E-state index < -0.39 is 0 Å². The van der Waals surface area contributed by atoms with Crippen LogP contribution in [0.3, 0.4) is 0 Å². The van der Waals surface area contributed by atoms with Crippen LogP contribution < -0.4 is 9.47 Å². The Kier molecular flexibility index (Phi) is 3.37. The fraction of sp³-hybridized carbons (Fsp3) is 0.600. The molecule has 1 aromatic carbocycles. The summed E-state index contributed by atoms with van der Waals surface area (Å²) in [6.45, 7) is 4.87. The Labute approximate surface area is 114 Å². The summed E-state index contributed by atoms with van der Waals surface area (Å²) in [5.74, 6) is 2.15. The Morgan fingerprint density at radius 2 is 1.95 bits per heavy atom. The van der Waals surface area contributed by atoms with E-state index in [1.165, 1.54) is 11.1 Å². The van der Waals surface area contributed by atoms with E-state index in [0.29, 0.717) is 12.0 Å². The van der Waals surface area contributed by atoms with Crippen molar-refractivity contribution in [2.45, 2.75) is 19.4 Å². The van der Waals surface area contributed by atoms with E-state index in [2.05, 4.69) is 24.0 Å². The summed E-state index contributed by atoms with van der Waals surface area (Å²) in [4.78, 5) is 2.42. The van der Waals surface area contributed by atoms with Crippen molar-refractivity contribution >= 4 is 0 Å². The fourth-order valence-corrected chi connectivity index (χ4v) is 3.29. The van der Waals surface area contributed by atoms with Crippen molar-refractivity contribution in [2.75, 3.05) is 34.1 Å². The van der Waals surface area contributed by atoms with Crippen molar-refractivity contribution in [2.24, 2.45) is 5.92 Å². The Balaban J connectivity index is 2.05. The van der Waals surface area contributed by atoms with Crippen molar-refractivity contribution in [1.82, 2.24) is 4.90 Å². The smallest absolute Gasteiger partial charge is 0.161 e. The number of hydrogen-bond acceptors (Lipinski definition) is 4. The summed E-state index contributed by atoms with van der Waals surface area (Å²) in [6, 6.07) is 4.72. The topological polar surface area (TPSA) is 30.9 Å². The van der Waals surface area contributed by atoms with Crippen molar-refractivity contribution in [3.8, 4) is 11.5 Å². The Bertz CT molecular complexity index is 475. The molecule has 2 atom stereocenters. The summed E-state index contributed by atoms with van der Waals surface area (Å²) in [5, 5.41) is 0. The highest BCUT2D eigenvalue weighted by atomic mass is 16.5. The third kappa shape index (κ3) is 2.09. The van der Waals surface area contributed by atoms with Gasteiger partial charge >= 0.3 is 0 Å². The van der Waals surface area contributed by atoms with E-state index in [-0.39, 0.29) is 0 Å². The molecule has 2 heterocycles. The van der Waals surface area contributed by atoms with Gasteiger partial charge in [-0.1, -0.05) is 6.92 Å². The van der Waals surface area contributed by atoms with E-state index >= 15 is 0 Å². The molecule has 2 aliphatic heterocycles. The number of hydrogen-bond donors (Lipinski definition) is 0. The minimum Gasteiger partial charge on any atom is -0.493 e. The summed E-state index contributed by atoms with van der Waals surface area (Å²) in [5.41, 5.74) is 2.76. The zero-order chi connectivity index (χ0) is 13.4. The summed E-state index contributed by atoms with van der Waals surface area (Å²) < 4.78 is 16.5. The minimum atomic E-state index is 0.442. The number of nitrogens with zero attached hydrogens (tertiary/aromatic N) is 1. The summed E-state index contributed by atoms with van der Waals surface area (Å²) in [7, 11) is 3.38. The van der Waals surface area contributed by atoms with Crippen LogP contribution in [0.5, 0.6) is 11.5 Å². The lowest BCUT2D eigenvalue weighted by Gasteiger charge is -2.44. The van der Waals surface area contributed by atoms with E-state index in [4.69, 9.17) is 14.2 Å². The van der Waals surface area contributed by atoms with Crippen LogP contribution in [0.2, 0.25) is 0 Å². The zero-order valence-electron chi connectivity index (χ0n) is 11.8. The van der Waals surface area contributed by atoms with Gasteiger partial charge in [-0.15, -0.1) is 0 Å². The molecule has 0 N–H and O–H groups in total. The molecule has 104 valence electrons. The molecular weight excluding hydrogens is 242 g/mol. The first-order valence-corrected chi connectivity index (χ1v) is 6.81. The molecule has 0 radical (unpaired) electrons. The van der Waals surface area contributed by atoms with Crippen LogP contribution in [0.25, 0.3) is 0 Å². The largest absolute Gasteiger partial charge is 0.493 e. The lowest BCUT2D eigenvalue weighted by Crippen LogP contribution is -2.45. The van der Waals surface area contributed by atoms with Crippen LogP contribution >= 0.6 is 0 Å². The van der Waals surface area contributed by atoms with Gasteiger partial charge in [0.1, 0.15) is 0 Å². The molecule has 0 spiro atoms. The highest BCUT2D eigenvalue weighted by Gasteiger charge is 2.35. The monoisotopic (exact) mass is 263 g/mol. The number of fused-ring (bicyclic) bond motifs is 3. The van der Waals surface area contributed by atoms with Crippen LogP contribution in [0.15, 0.2) is 12.1 Å². The molecule has 4 heteroatoms. The average Bonchev–Trinajstić information content (AvgIpc) is 2.45. The third-order valence-electron chi connectivity index (χ3n) is 4.20. The van der Waals surface area contributed by atoms with Gasteiger partial charge < -0.3 is 14.2 Å². The fourth-order valence-electron chi connectivity index (χ4n) is 3.29. The third-order valence-corrected chi connectivity index (χ3v) is 4.20. The Morgan fingerprint density at radius 1 is 1.21 bits per heavy atom. The molecule has 19 heavy (non-hydrogen) atoms. The van der Waals surface area contributed by atoms with Crippen LogP contribution in [0.1, 0.15) is 24.1 Å². The molecule has 0 aromatic heterocycles. The Morgan fingerprint density at radius 3 is 2.68 bits per heavy atom. The molecule has 3 rings (SSSR count). The molecule has 0 saturated carbocycles. The highest BCUT2D eigenvalue weighted by molar-refractivity contribution is 5.49. The van der Waals surface area contributed by atoms with E-state index in [9.17, 15) is 0 Å². The normalized spacial score (nSPS) is 26.5. The van der Waals surface area contributed by atoms with Gasteiger partial charge in [0.15, 0.2) is 11.5 Å². The van der Waals surface area contributed by atoms with Crippen molar-refractivity contribution in [3.05, 3.63) is 23.3 Å². The summed E-state index contributed by atoms with van der Waals surface area (Å²) >= 11 is 0. The van der Waals surface area contributed by atoms with E-state index in [1.54, 1.807) is 14.2 Å². The highest BCUT2D eigenvalue weighted by Crippen LogP contribution is 2.42. The van der Waals surface area contributed by atoms with E-state index in [1.807, 2.05) is 0 Å². The first-order chi connectivity index (χ1) is 9.24. The standard InChI is InChI=1S/C15H21NO3/c1-10-8-19-9-16-5-4-11-6-13(17-2)14(18-3)7-12(11)15(10)16/h6-7,10,15H,4-5,8-9H2,1-3H3/t10-,15-/m1/s1. The molecule has 2 aliphatic rings. The molecule has 1 saturated heterocycles. The molecule has 1 fully saturated rings. The van der Waals surface area contributed by atoms with Crippen molar-refractivity contribution in [3.63, 3.8) is 0 Å². The number of ether oxygens (including phenoxy) is 3. The number of rotatable bonds is 2. The van der Waals surface area contributed by atoms with Crippen molar-refractivity contribution < 1.29 is 14.2 Å². The van der Waals surface area contributed by atoms with Gasteiger partial charge in [-0.05, 0) is 35.6 Å². The second kappa shape index (κ2) is 5.02. The maximum Gasteiger partial charge on any atom is 0.161 e. The minimum absolute atomic E-state index is 0.442. The van der Waals surface area contributed by atoms with Gasteiger partial charge in [-0.2, -0.15) is 0 Å². The molecule has 0 aliphatic carbocycles. The molecule has 1 aromatic rings. The van der Waals surface area contributed by atoms with Gasteiger partial charge in [0.05, 0.1) is 27.6 Å². The van der Waals surface area contributed by atoms with Gasteiger partial charge in [0.25, 0.3) is 0 Å². The second-order valence-corrected chi connectivity index (χ2v) is 5.39. The predicted octanol–water partition coefficient (Wildman–Crippen LogP) is 2.23. The van der Waals surface area contributed by atoms with Crippen molar-refractivity contribution in [1.29, 1.82) is 0 Å². The molecule has 0 unspecified atom stereocenters. The Hall–Kier alpha value is -1.26. The molecule has 0 bridgehead atoms. The van der Waals surface area contributed by atoms with Crippen LogP contribution in [-0.4, -0.2) is 39.0 Å². The molecule has 4 nitrogen and oxygen atoms in total. The SMILES string of the molecule is COc1cc2c(cc1OC)[C@H]1[C@H](C)COCN1CC2. The lowest BCUT2D eigenvalue weighted by molar-refractivity contribution is -0.0837. The maximum atomic E-state index is 5.64. The second-order valence-electron chi connectivity index (χ2n) is 5.39. The first-order valence-electron chi connectivity index (χ1n) is 6.81. The van der Waals surface area contributed by atoms with Gasteiger partial charge in [-0.25, -0.2) is 0 Å². The number of methoxy groups -OCH3 is 2. The van der Waals surface area contributed by atoms with Crippen LogP contribution in [0, 0.1) is 5.92 Å². The first kappa shape index (κ1) is 12.8. The quantitative estimate of drug-likeness (QED) is 0.818.